The van der Waals surface area contributed by atoms with Crippen molar-refractivity contribution in [1.29, 1.82) is 0 Å². The third-order valence-electron chi connectivity index (χ3n) is 10.3. The second-order valence-electron chi connectivity index (χ2n) is 13.8. The Morgan fingerprint density at radius 1 is 1.16 bits per heavy atom. The fourth-order valence-electron chi connectivity index (χ4n) is 7.48. The van der Waals surface area contributed by atoms with Crippen molar-refractivity contribution >= 4 is 39.9 Å². The molecule has 262 valence electrons. The highest BCUT2D eigenvalue weighted by Gasteiger charge is 2.39. The number of benzene rings is 1. The van der Waals surface area contributed by atoms with Crippen LogP contribution in [-0.4, -0.2) is 106 Å². The number of rotatable bonds is 6. The molecule has 0 aliphatic carbocycles. The van der Waals surface area contributed by atoms with Crippen LogP contribution in [0.5, 0.6) is 5.75 Å². The van der Waals surface area contributed by atoms with Crippen LogP contribution < -0.4 is 20.7 Å². The summed E-state index contributed by atoms with van der Waals surface area (Å²) in [5.41, 5.74) is 2.53. The predicted octanol–water partition coefficient (Wildman–Crippen LogP) is 1.81. The zero-order valence-electron chi connectivity index (χ0n) is 27.9. The van der Waals surface area contributed by atoms with Crippen LogP contribution in [0.2, 0.25) is 0 Å². The van der Waals surface area contributed by atoms with E-state index in [1.54, 1.807) is 11.1 Å². The summed E-state index contributed by atoms with van der Waals surface area (Å²) in [4.78, 5) is 64.3. The number of nitrogens with zero attached hydrogens (tertiary/aromatic N) is 4. The van der Waals surface area contributed by atoms with Crippen molar-refractivity contribution < 1.29 is 28.7 Å². The van der Waals surface area contributed by atoms with Gasteiger partial charge in [0.25, 0.3) is 0 Å². The maximum Gasteiger partial charge on any atom is 0.243 e. The van der Waals surface area contributed by atoms with Gasteiger partial charge in [0.05, 0.1) is 37.9 Å². The van der Waals surface area contributed by atoms with E-state index in [-0.39, 0.29) is 43.2 Å². The van der Waals surface area contributed by atoms with E-state index in [4.69, 9.17) is 9.47 Å². The normalized spacial score (nSPS) is 26.9. The Morgan fingerprint density at radius 2 is 2.06 bits per heavy atom. The van der Waals surface area contributed by atoms with E-state index >= 15 is 0 Å². The standard InChI is InChI=1S/C35H45N7O6S/c1-22-4-5-27-13-24(22)17-36-33(45)29(6-9-40-20-28-15-26(40)21-48-28)39-34(46)30(16-32(44)41-8-2-3-23(18-41)7-11-47-27)38-31(43)14-25-19-42-10-12-49-35(42)37-25/h4-5,10,12-13,19,23,26,28-30H,2-3,6-9,11,14-18,20-21H2,1H3,(H,36,45)(H,38,43)(H,39,46)/t23?,26-,28-,29-,30-/m0/s1. The Balaban J connectivity index is 1.12. The topological polar surface area (TPSA) is 147 Å². The van der Waals surface area contributed by atoms with Crippen molar-refractivity contribution in [3.8, 4) is 5.75 Å². The molecule has 4 aliphatic rings. The molecule has 0 saturated carbocycles. The number of hydrogen-bond acceptors (Lipinski definition) is 9. The molecule has 7 rings (SSSR count). The summed E-state index contributed by atoms with van der Waals surface area (Å²) in [5.74, 6) is -0.488. The highest BCUT2D eigenvalue weighted by molar-refractivity contribution is 7.15. The molecule has 6 bridgehead atoms. The second-order valence-corrected chi connectivity index (χ2v) is 14.7. The van der Waals surface area contributed by atoms with Crippen LogP contribution in [0.15, 0.2) is 36.0 Å². The summed E-state index contributed by atoms with van der Waals surface area (Å²) in [6.45, 7) is 6.03. The minimum Gasteiger partial charge on any atom is -0.494 e. The highest BCUT2D eigenvalue weighted by atomic mass is 32.1. The third kappa shape index (κ3) is 8.08. The van der Waals surface area contributed by atoms with Crippen molar-refractivity contribution in [1.82, 2.24) is 35.1 Å². The zero-order chi connectivity index (χ0) is 33.9. The largest absolute Gasteiger partial charge is 0.494 e. The maximum absolute atomic E-state index is 14.0. The molecule has 2 aromatic heterocycles. The van der Waals surface area contributed by atoms with Crippen LogP contribution in [0.1, 0.15) is 55.3 Å². The number of likely N-dealkylation sites (tertiary alicyclic amines) is 1. The van der Waals surface area contributed by atoms with E-state index in [0.29, 0.717) is 51.0 Å². The van der Waals surface area contributed by atoms with Crippen molar-refractivity contribution in [2.45, 2.75) is 82.6 Å². The molecule has 49 heavy (non-hydrogen) atoms. The van der Waals surface area contributed by atoms with Gasteiger partial charge in [-0.2, -0.15) is 0 Å². The van der Waals surface area contributed by atoms with E-state index in [0.717, 1.165) is 54.1 Å². The number of imidazole rings is 1. The summed E-state index contributed by atoms with van der Waals surface area (Å²) in [6, 6.07) is 4.16. The quantitative estimate of drug-likeness (QED) is 0.355. The summed E-state index contributed by atoms with van der Waals surface area (Å²) in [5, 5.41) is 10.7. The summed E-state index contributed by atoms with van der Waals surface area (Å²) in [6.07, 6.45) is 7.61. The minimum atomic E-state index is -1.16. The van der Waals surface area contributed by atoms with Crippen LogP contribution >= 0.6 is 11.3 Å². The molecule has 4 aliphatic heterocycles. The average Bonchev–Trinajstić information content (AvgIpc) is 3.89. The SMILES string of the molecule is Cc1ccc2cc1CNC(=O)[C@H](CCN1C[C@@H]3C[C@H]1CO3)NC(=O)[C@@H](NC(=O)Cc1cn3ccsc3n1)CC(=O)N1CCCC(CCO2)C1. The molecule has 14 heteroatoms. The molecule has 6 heterocycles. The Bertz CT molecular complexity index is 1660. The molecule has 3 fully saturated rings. The van der Waals surface area contributed by atoms with Crippen molar-refractivity contribution in [3.05, 3.63) is 52.8 Å². The lowest BCUT2D eigenvalue weighted by molar-refractivity contribution is -0.138. The number of nitrogens with one attached hydrogen (secondary N) is 3. The van der Waals surface area contributed by atoms with Gasteiger partial charge >= 0.3 is 0 Å². The van der Waals surface area contributed by atoms with E-state index in [9.17, 15) is 19.2 Å². The Morgan fingerprint density at radius 3 is 2.88 bits per heavy atom. The number of carbonyl (C=O) groups excluding carboxylic acids is 4. The van der Waals surface area contributed by atoms with Gasteiger partial charge in [0, 0.05) is 56.5 Å². The molecular weight excluding hydrogens is 646 g/mol. The van der Waals surface area contributed by atoms with Crippen LogP contribution in [-0.2, 0) is 36.9 Å². The number of thiazole rings is 1. The van der Waals surface area contributed by atoms with Gasteiger partial charge in [-0.05, 0) is 68.2 Å². The molecular formula is C35H45N7O6S. The predicted molar refractivity (Wildman–Crippen MR) is 182 cm³/mol. The van der Waals surface area contributed by atoms with Gasteiger partial charge < -0.3 is 30.3 Å². The molecule has 5 atom stereocenters. The lowest BCUT2D eigenvalue weighted by Gasteiger charge is -2.34. The molecule has 3 N–H and O–H groups in total. The van der Waals surface area contributed by atoms with Gasteiger partial charge in [-0.25, -0.2) is 4.98 Å². The number of aromatic nitrogens is 2. The highest BCUT2D eigenvalue weighted by Crippen LogP contribution is 2.28. The summed E-state index contributed by atoms with van der Waals surface area (Å²) >= 11 is 1.46. The van der Waals surface area contributed by atoms with Gasteiger partial charge in [-0.1, -0.05) is 6.07 Å². The lowest BCUT2D eigenvalue weighted by atomic mass is 9.94. The monoisotopic (exact) mass is 691 g/mol. The number of aryl methyl sites for hydroxylation is 1. The van der Waals surface area contributed by atoms with Gasteiger partial charge in [0.1, 0.15) is 17.8 Å². The van der Waals surface area contributed by atoms with E-state index in [2.05, 4.69) is 25.8 Å². The number of piperidine rings is 1. The Hall–Kier alpha value is -4.01. The van der Waals surface area contributed by atoms with Crippen LogP contribution in [0.25, 0.3) is 4.96 Å². The molecule has 0 spiro atoms. The number of hydrogen-bond donors (Lipinski definition) is 3. The molecule has 13 nitrogen and oxygen atoms in total. The van der Waals surface area contributed by atoms with Crippen molar-refractivity contribution in [2.24, 2.45) is 5.92 Å². The van der Waals surface area contributed by atoms with Crippen molar-refractivity contribution in [2.75, 3.05) is 39.4 Å². The van der Waals surface area contributed by atoms with E-state index in [1.807, 2.05) is 41.1 Å². The average molecular weight is 692 g/mol. The van der Waals surface area contributed by atoms with Crippen LogP contribution in [0.4, 0.5) is 0 Å². The molecule has 0 radical (unpaired) electrons. The molecule has 3 saturated heterocycles. The number of morpholine rings is 1. The fourth-order valence-corrected chi connectivity index (χ4v) is 8.20. The van der Waals surface area contributed by atoms with E-state index in [1.165, 1.54) is 11.3 Å². The van der Waals surface area contributed by atoms with Crippen molar-refractivity contribution in [3.63, 3.8) is 0 Å². The number of carbonyl (C=O) groups is 4. The zero-order valence-corrected chi connectivity index (χ0v) is 28.7. The first kappa shape index (κ1) is 33.5. The smallest absolute Gasteiger partial charge is 0.243 e. The summed E-state index contributed by atoms with van der Waals surface area (Å²) in [7, 11) is 0. The lowest BCUT2D eigenvalue weighted by Crippen LogP contribution is -2.56. The van der Waals surface area contributed by atoms with Crippen LogP contribution in [0, 0.1) is 12.8 Å². The molecule has 4 amide bonds. The Labute approximate surface area is 289 Å². The van der Waals surface area contributed by atoms with E-state index < -0.39 is 23.9 Å². The maximum atomic E-state index is 14.0. The Kier molecular flexibility index (Phi) is 10.1. The first-order valence-corrected chi connectivity index (χ1v) is 18.3. The minimum absolute atomic E-state index is 0.0416. The van der Waals surface area contributed by atoms with Gasteiger partial charge in [0.15, 0.2) is 4.96 Å². The number of amides is 4. The molecule has 1 aromatic carbocycles. The first-order valence-electron chi connectivity index (χ1n) is 17.4. The van der Waals surface area contributed by atoms with Gasteiger partial charge in [-0.3, -0.25) is 28.5 Å². The van der Waals surface area contributed by atoms with Gasteiger partial charge in [-0.15, -0.1) is 11.3 Å². The first-order chi connectivity index (χ1) is 23.8. The second kappa shape index (κ2) is 14.9. The fraction of sp³-hybridized carbons (Fsp3) is 0.571. The molecule has 3 aromatic rings. The molecule has 1 unspecified atom stereocenters. The van der Waals surface area contributed by atoms with Gasteiger partial charge in [0.2, 0.25) is 23.6 Å². The third-order valence-corrected chi connectivity index (χ3v) is 11.1. The number of ether oxygens (including phenoxy) is 2. The van der Waals surface area contributed by atoms with Crippen LogP contribution in [0.3, 0.4) is 0 Å². The number of fused-ring (bicyclic) bond motifs is 7. The summed E-state index contributed by atoms with van der Waals surface area (Å²) < 4.78 is 13.7.